The summed E-state index contributed by atoms with van der Waals surface area (Å²) in [5.41, 5.74) is 4.17. The molecule has 1 saturated heterocycles. The van der Waals surface area contributed by atoms with Crippen molar-refractivity contribution < 1.29 is 4.42 Å². The molecule has 0 N–H and O–H groups in total. The summed E-state index contributed by atoms with van der Waals surface area (Å²) in [6.45, 7) is 2.32. The van der Waals surface area contributed by atoms with E-state index >= 15 is 0 Å². The molecule has 0 saturated carbocycles. The summed E-state index contributed by atoms with van der Waals surface area (Å²) in [4.78, 5) is 11.0. The molecule has 1 aromatic carbocycles. The van der Waals surface area contributed by atoms with Crippen molar-refractivity contribution in [1.29, 1.82) is 0 Å². The van der Waals surface area contributed by atoms with E-state index in [1.165, 1.54) is 18.5 Å². The van der Waals surface area contributed by atoms with Crippen molar-refractivity contribution in [2.75, 3.05) is 18.0 Å². The number of benzene rings is 1. The summed E-state index contributed by atoms with van der Waals surface area (Å²) in [6.07, 6.45) is 7.77. The average Bonchev–Trinajstić information content (AvgIpc) is 3.28. The second-order valence-electron chi connectivity index (χ2n) is 5.51. The van der Waals surface area contributed by atoms with E-state index in [4.69, 9.17) is 4.42 Å². The molecule has 4 nitrogen and oxygen atoms in total. The maximum Gasteiger partial charge on any atom is 0.226 e. The molecule has 3 aromatic rings. The van der Waals surface area contributed by atoms with Gasteiger partial charge in [0.1, 0.15) is 12.0 Å². The van der Waals surface area contributed by atoms with Gasteiger partial charge in [-0.1, -0.05) is 12.1 Å². The van der Waals surface area contributed by atoms with Crippen LogP contribution in [0.25, 0.3) is 22.7 Å². The minimum atomic E-state index is 0.626. The van der Waals surface area contributed by atoms with Crippen LogP contribution < -0.4 is 4.90 Å². The quantitative estimate of drug-likeness (QED) is 0.731. The van der Waals surface area contributed by atoms with Crippen LogP contribution in [0.1, 0.15) is 12.8 Å². The van der Waals surface area contributed by atoms with E-state index in [0.29, 0.717) is 5.89 Å². The number of nitrogens with zero attached hydrogens (tertiary/aromatic N) is 3. The number of oxazole rings is 1. The Morgan fingerprint density at radius 3 is 2.32 bits per heavy atom. The lowest BCUT2D eigenvalue weighted by Gasteiger charge is -2.17. The Kier molecular flexibility index (Phi) is 3.35. The van der Waals surface area contributed by atoms with Gasteiger partial charge >= 0.3 is 0 Å². The minimum Gasteiger partial charge on any atom is -0.444 e. The Balaban J connectivity index is 1.58. The molecule has 0 bridgehead atoms. The largest absolute Gasteiger partial charge is 0.444 e. The molecule has 1 aliphatic rings. The maximum atomic E-state index is 5.59. The SMILES string of the molecule is c1cc(-c2nc(-c3ccc(N4CCCC4)cc3)co2)ccn1. The van der Waals surface area contributed by atoms with Crippen LogP contribution in [-0.2, 0) is 0 Å². The lowest BCUT2D eigenvalue weighted by molar-refractivity contribution is 0.575. The third-order valence-corrected chi connectivity index (χ3v) is 4.07. The standard InChI is InChI=1S/C18H17N3O/c1-2-12-21(11-1)16-5-3-14(4-6-16)17-13-22-18(20-17)15-7-9-19-10-8-15/h3-10,13H,1-2,11-12H2. The predicted octanol–water partition coefficient (Wildman–Crippen LogP) is 4.00. The molecule has 0 atom stereocenters. The molecular formula is C18H17N3O. The van der Waals surface area contributed by atoms with Crippen LogP contribution in [0.3, 0.4) is 0 Å². The van der Waals surface area contributed by atoms with Crippen molar-refractivity contribution in [2.24, 2.45) is 0 Å². The van der Waals surface area contributed by atoms with Gasteiger partial charge in [0, 0.05) is 42.3 Å². The van der Waals surface area contributed by atoms with E-state index in [0.717, 1.165) is 29.9 Å². The number of pyridine rings is 1. The highest BCUT2D eigenvalue weighted by atomic mass is 16.3. The van der Waals surface area contributed by atoms with Crippen molar-refractivity contribution in [2.45, 2.75) is 12.8 Å². The monoisotopic (exact) mass is 291 g/mol. The molecule has 0 unspecified atom stereocenters. The van der Waals surface area contributed by atoms with Gasteiger partial charge < -0.3 is 9.32 Å². The normalized spacial score (nSPS) is 14.5. The molecule has 0 aliphatic carbocycles. The minimum absolute atomic E-state index is 0.626. The lowest BCUT2D eigenvalue weighted by Crippen LogP contribution is -2.17. The summed E-state index contributed by atoms with van der Waals surface area (Å²) in [5.74, 6) is 0.626. The van der Waals surface area contributed by atoms with Gasteiger partial charge in [-0.2, -0.15) is 0 Å². The fourth-order valence-corrected chi connectivity index (χ4v) is 2.85. The van der Waals surface area contributed by atoms with Gasteiger partial charge in [-0.25, -0.2) is 4.98 Å². The summed E-state index contributed by atoms with van der Waals surface area (Å²) in [6, 6.07) is 12.4. The topological polar surface area (TPSA) is 42.2 Å². The first kappa shape index (κ1) is 13.1. The lowest BCUT2D eigenvalue weighted by atomic mass is 10.1. The van der Waals surface area contributed by atoms with Gasteiger partial charge in [0.05, 0.1) is 0 Å². The zero-order valence-corrected chi connectivity index (χ0v) is 12.3. The molecule has 4 heteroatoms. The number of hydrogen-bond acceptors (Lipinski definition) is 4. The van der Waals surface area contributed by atoms with E-state index in [1.54, 1.807) is 18.7 Å². The highest BCUT2D eigenvalue weighted by Gasteiger charge is 2.13. The van der Waals surface area contributed by atoms with E-state index in [1.807, 2.05) is 12.1 Å². The molecule has 0 amide bonds. The number of rotatable bonds is 3. The Morgan fingerprint density at radius 2 is 1.59 bits per heavy atom. The summed E-state index contributed by atoms with van der Waals surface area (Å²) in [5, 5.41) is 0. The Labute approximate surface area is 129 Å². The van der Waals surface area contributed by atoms with Crippen LogP contribution in [0.2, 0.25) is 0 Å². The highest BCUT2D eigenvalue weighted by Crippen LogP contribution is 2.27. The van der Waals surface area contributed by atoms with Crippen LogP contribution in [0.4, 0.5) is 5.69 Å². The van der Waals surface area contributed by atoms with Gasteiger partial charge in [0.15, 0.2) is 0 Å². The van der Waals surface area contributed by atoms with Gasteiger partial charge in [-0.05, 0) is 37.1 Å². The summed E-state index contributed by atoms with van der Waals surface area (Å²) in [7, 11) is 0. The third kappa shape index (κ3) is 2.48. The molecule has 0 radical (unpaired) electrons. The number of aromatic nitrogens is 2. The molecule has 1 fully saturated rings. The Morgan fingerprint density at radius 1 is 0.864 bits per heavy atom. The fourth-order valence-electron chi connectivity index (χ4n) is 2.85. The van der Waals surface area contributed by atoms with Crippen LogP contribution >= 0.6 is 0 Å². The van der Waals surface area contributed by atoms with Crippen LogP contribution in [-0.4, -0.2) is 23.1 Å². The second-order valence-corrected chi connectivity index (χ2v) is 5.51. The van der Waals surface area contributed by atoms with E-state index < -0.39 is 0 Å². The summed E-state index contributed by atoms with van der Waals surface area (Å²) < 4.78 is 5.59. The van der Waals surface area contributed by atoms with E-state index in [-0.39, 0.29) is 0 Å². The first-order valence-electron chi connectivity index (χ1n) is 7.61. The van der Waals surface area contributed by atoms with Gasteiger partial charge in [0.25, 0.3) is 0 Å². The van der Waals surface area contributed by atoms with Crippen molar-refractivity contribution in [3.63, 3.8) is 0 Å². The van der Waals surface area contributed by atoms with E-state index in [9.17, 15) is 0 Å². The third-order valence-electron chi connectivity index (χ3n) is 4.07. The molecule has 22 heavy (non-hydrogen) atoms. The second kappa shape index (κ2) is 5.64. The predicted molar refractivity (Wildman–Crippen MR) is 86.6 cm³/mol. The van der Waals surface area contributed by atoms with Crippen molar-refractivity contribution in [3.05, 3.63) is 55.1 Å². The van der Waals surface area contributed by atoms with Gasteiger partial charge in [-0.15, -0.1) is 0 Å². The first-order valence-corrected chi connectivity index (χ1v) is 7.61. The zero-order chi connectivity index (χ0) is 14.8. The zero-order valence-electron chi connectivity index (χ0n) is 12.3. The molecule has 1 aliphatic heterocycles. The molecule has 2 aromatic heterocycles. The Bertz CT molecular complexity index is 744. The fraction of sp³-hybridized carbons (Fsp3) is 0.222. The van der Waals surface area contributed by atoms with Gasteiger partial charge in [-0.3, -0.25) is 4.98 Å². The molecule has 3 heterocycles. The molecule has 0 spiro atoms. The van der Waals surface area contributed by atoms with Gasteiger partial charge in [0.2, 0.25) is 5.89 Å². The van der Waals surface area contributed by atoms with Crippen molar-refractivity contribution >= 4 is 5.69 Å². The molecular weight excluding hydrogens is 274 g/mol. The highest BCUT2D eigenvalue weighted by molar-refractivity contribution is 5.65. The maximum absolute atomic E-state index is 5.59. The van der Waals surface area contributed by atoms with E-state index in [2.05, 4.69) is 39.1 Å². The van der Waals surface area contributed by atoms with Crippen LogP contribution in [0.5, 0.6) is 0 Å². The Hall–Kier alpha value is -2.62. The first-order chi connectivity index (χ1) is 10.9. The van der Waals surface area contributed by atoms with Crippen molar-refractivity contribution in [1.82, 2.24) is 9.97 Å². The number of anilines is 1. The smallest absolute Gasteiger partial charge is 0.226 e. The van der Waals surface area contributed by atoms with Crippen molar-refractivity contribution in [3.8, 4) is 22.7 Å². The summed E-state index contributed by atoms with van der Waals surface area (Å²) >= 11 is 0. The van der Waals surface area contributed by atoms with Crippen LogP contribution in [0.15, 0.2) is 59.5 Å². The van der Waals surface area contributed by atoms with Crippen LogP contribution in [0, 0.1) is 0 Å². The number of hydrogen-bond donors (Lipinski definition) is 0. The average molecular weight is 291 g/mol. The molecule has 110 valence electrons. The molecule has 4 rings (SSSR count).